The number of aliphatic hydroxyl groups is 1. The fraction of sp³-hybridized carbons (Fsp3) is 0.741. The van der Waals surface area contributed by atoms with E-state index in [0.29, 0.717) is 5.92 Å². The first-order chi connectivity index (χ1) is 16.1. The lowest BCUT2D eigenvalue weighted by atomic mass is 9.90. The zero-order chi connectivity index (χ0) is 22.8. The molecule has 5 rings (SSSR count). The number of aryl methyl sites for hydroxylation is 1. The van der Waals surface area contributed by atoms with Gasteiger partial charge in [-0.25, -0.2) is 0 Å². The van der Waals surface area contributed by atoms with Gasteiger partial charge in [-0.3, -0.25) is 0 Å². The lowest BCUT2D eigenvalue weighted by Crippen LogP contribution is -2.38. The summed E-state index contributed by atoms with van der Waals surface area (Å²) >= 11 is 0. The number of aromatic nitrogens is 1. The van der Waals surface area contributed by atoms with E-state index in [-0.39, 0.29) is 30.9 Å². The molecule has 0 amide bonds. The van der Waals surface area contributed by atoms with Crippen LogP contribution in [0.5, 0.6) is 5.75 Å². The van der Waals surface area contributed by atoms with E-state index in [1.807, 2.05) is 0 Å². The predicted molar refractivity (Wildman–Crippen MR) is 145 cm³/mol. The predicted octanol–water partition coefficient (Wildman–Crippen LogP) is 5.33. The molecule has 0 unspecified atom stereocenters. The van der Waals surface area contributed by atoms with Crippen molar-refractivity contribution in [3.63, 3.8) is 0 Å². The van der Waals surface area contributed by atoms with Gasteiger partial charge in [-0.1, -0.05) is 11.6 Å². The number of fused-ring (bicyclic) bond motifs is 1. The highest BCUT2D eigenvalue weighted by Gasteiger charge is 2.29. The van der Waals surface area contributed by atoms with E-state index >= 15 is 0 Å². The summed E-state index contributed by atoms with van der Waals surface area (Å²) < 4.78 is 12.1. The second-order valence-electron chi connectivity index (χ2n) is 11.1. The Morgan fingerprint density at radius 2 is 1.83 bits per heavy atom. The number of likely N-dealkylation sites (tertiary alicyclic amines) is 1. The topological polar surface area (TPSA) is 62.0 Å². The van der Waals surface area contributed by atoms with Crippen LogP contribution in [0.1, 0.15) is 62.6 Å². The van der Waals surface area contributed by atoms with Crippen LogP contribution in [0.3, 0.4) is 0 Å². The number of halogens is 2. The van der Waals surface area contributed by atoms with Gasteiger partial charge in [0.2, 0.25) is 0 Å². The van der Waals surface area contributed by atoms with Gasteiger partial charge in [0.05, 0.1) is 24.0 Å². The Hall–Kier alpha value is -1.05. The maximum Gasteiger partial charge on any atom is 0.175 e. The van der Waals surface area contributed by atoms with Gasteiger partial charge >= 0.3 is 0 Å². The van der Waals surface area contributed by atoms with Crippen LogP contribution in [0.15, 0.2) is 16.7 Å². The monoisotopic (exact) mass is 527 g/mol. The first-order valence-corrected chi connectivity index (χ1v) is 13.1. The molecule has 0 bridgehead atoms. The Balaban J connectivity index is 0.00000171. The largest absolute Gasteiger partial charge is 0.493 e. The Kier molecular flexibility index (Phi) is 10.6. The minimum absolute atomic E-state index is 0. The highest BCUT2D eigenvalue weighted by atomic mass is 35.5. The van der Waals surface area contributed by atoms with E-state index in [4.69, 9.17) is 9.26 Å². The van der Waals surface area contributed by atoms with Crippen LogP contribution < -0.4 is 4.74 Å². The SMILES string of the molecule is CN(C)Cc1c(OCC2CC2)ccc2c(CCC3CCN(C[C@H]4CCC[C@H]4O)CC3)noc12.Cl.Cl. The number of hydrogen-bond acceptors (Lipinski definition) is 6. The minimum Gasteiger partial charge on any atom is -0.493 e. The third-order valence-electron chi connectivity index (χ3n) is 8.03. The third-order valence-corrected chi connectivity index (χ3v) is 8.03. The summed E-state index contributed by atoms with van der Waals surface area (Å²) in [7, 11) is 4.17. The highest BCUT2D eigenvalue weighted by molar-refractivity contribution is 5.86. The molecule has 2 aromatic rings. The van der Waals surface area contributed by atoms with Crippen molar-refractivity contribution in [2.45, 2.75) is 70.4 Å². The molecule has 35 heavy (non-hydrogen) atoms. The molecule has 8 heteroatoms. The molecule has 0 spiro atoms. The number of benzene rings is 1. The van der Waals surface area contributed by atoms with Crippen molar-refractivity contribution >= 4 is 35.8 Å². The smallest absolute Gasteiger partial charge is 0.175 e. The quantitative estimate of drug-likeness (QED) is 0.450. The zero-order valence-corrected chi connectivity index (χ0v) is 22.9. The van der Waals surface area contributed by atoms with Gasteiger partial charge in [0.15, 0.2) is 5.58 Å². The van der Waals surface area contributed by atoms with Crippen LogP contribution in [-0.4, -0.2) is 66.5 Å². The molecule has 3 fully saturated rings. The van der Waals surface area contributed by atoms with E-state index in [2.05, 4.69) is 41.2 Å². The summed E-state index contributed by atoms with van der Waals surface area (Å²) in [5.74, 6) is 2.93. The first-order valence-electron chi connectivity index (χ1n) is 13.1. The van der Waals surface area contributed by atoms with E-state index in [0.717, 1.165) is 72.3 Å². The average molecular weight is 529 g/mol. The molecule has 6 nitrogen and oxygen atoms in total. The Bertz CT molecular complexity index is 926. The molecule has 3 aliphatic rings. The van der Waals surface area contributed by atoms with E-state index in [1.54, 1.807) is 0 Å². The van der Waals surface area contributed by atoms with Gasteiger partial charge < -0.3 is 24.2 Å². The number of ether oxygens (including phenoxy) is 1. The molecule has 2 aliphatic carbocycles. The van der Waals surface area contributed by atoms with Gasteiger partial charge in [-0.05, 0) is 108 Å². The molecule has 0 radical (unpaired) electrons. The van der Waals surface area contributed by atoms with Crippen molar-refractivity contribution < 1.29 is 14.4 Å². The van der Waals surface area contributed by atoms with Crippen LogP contribution in [0.4, 0.5) is 0 Å². The van der Waals surface area contributed by atoms with E-state index in [1.165, 1.54) is 58.0 Å². The van der Waals surface area contributed by atoms with Crippen molar-refractivity contribution in [3.8, 4) is 5.75 Å². The van der Waals surface area contributed by atoms with Crippen molar-refractivity contribution in [3.05, 3.63) is 23.4 Å². The Morgan fingerprint density at radius 3 is 2.49 bits per heavy atom. The molecule has 1 aromatic heterocycles. The molecular weight excluding hydrogens is 485 g/mol. The third kappa shape index (κ3) is 7.26. The number of nitrogens with zero attached hydrogens (tertiary/aromatic N) is 3. The number of hydrogen-bond donors (Lipinski definition) is 1. The standard InChI is InChI=1S/C27H41N3O3.2ClH/c1-29(2)17-23-26(32-18-20-6-7-20)11-9-22-24(28-33-27(22)23)10-8-19-12-14-30(15-13-19)16-21-4-3-5-25(21)31;;/h9,11,19-21,25,31H,3-8,10,12-18H2,1-2H3;2*1H/t21-,25-;;/m1../s1. The van der Waals surface area contributed by atoms with Crippen LogP contribution in [-0.2, 0) is 13.0 Å². The minimum atomic E-state index is -0.0693. The van der Waals surface area contributed by atoms with Crippen molar-refractivity contribution in [2.24, 2.45) is 17.8 Å². The number of piperidine rings is 1. The van der Waals surface area contributed by atoms with E-state index in [9.17, 15) is 5.11 Å². The Labute approximate surface area is 222 Å². The molecule has 2 atom stereocenters. The molecule has 1 aromatic carbocycles. The van der Waals surface area contributed by atoms with Crippen LogP contribution >= 0.6 is 24.8 Å². The summed E-state index contributed by atoms with van der Waals surface area (Å²) in [6, 6.07) is 4.28. The maximum atomic E-state index is 10.1. The lowest BCUT2D eigenvalue weighted by Gasteiger charge is -2.34. The molecule has 1 saturated heterocycles. The molecule has 198 valence electrons. The summed E-state index contributed by atoms with van der Waals surface area (Å²) in [4.78, 5) is 4.75. The van der Waals surface area contributed by atoms with Gasteiger partial charge in [0, 0.05) is 18.5 Å². The van der Waals surface area contributed by atoms with Crippen molar-refractivity contribution in [1.82, 2.24) is 15.0 Å². The summed E-state index contributed by atoms with van der Waals surface area (Å²) in [5, 5.41) is 15.8. The fourth-order valence-corrected chi connectivity index (χ4v) is 5.73. The summed E-state index contributed by atoms with van der Waals surface area (Å²) in [6.07, 6.45) is 10.6. The van der Waals surface area contributed by atoms with Crippen LogP contribution in [0.2, 0.25) is 0 Å². The first kappa shape index (κ1) is 28.5. The second-order valence-corrected chi connectivity index (χ2v) is 11.1. The molecular formula is C27H43Cl2N3O3. The van der Waals surface area contributed by atoms with Crippen LogP contribution in [0.25, 0.3) is 11.0 Å². The van der Waals surface area contributed by atoms with Gasteiger partial charge in [0.25, 0.3) is 0 Å². The number of rotatable bonds is 10. The average Bonchev–Trinajstić information content (AvgIpc) is 3.41. The van der Waals surface area contributed by atoms with Gasteiger partial charge in [-0.15, -0.1) is 24.8 Å². The molecule has 2 saturated carbocycles. The van der Waals surface area contributed by atoms with Gasteiger partial charge in [-0.2, -0.15) is 0 Å². The summed E-state index contributed by atoms with van der Waals surface area (Å²) in [5.41, 5.74) is 3.12. The van der Waals surface area contributed by atoms with Crippen molar-refractivity contribution in [2.75, 3.05) is 40.3 Å². The van der Waals surface area contributed by atoms with Crippen molar-refractivity contribution in [1.29, 1.82) is 0 Å². The van der Waals surface area contributed by atoms with Gasteiger partial charge in [0.1, 0.15) is 5.75 Å². The Morgan fingerprint density at radius 1 is 1.06 bits per heavy atom. The summed E-state index contributed by atoms with van der Waals surface area (Å²) in [6.45, 7) is 5.03. The lowest BCUT2D eigenvalue weighted by molar-refractivity contribution is 0.0859. The second kappa shape index (κ2) is 13.0. The number of aliphatic hydroxyl groups excluding tert-OH is 1. The highest BCUT2D eigenvalue weighted by Crippen LogP contribution is 2.35. The normalized spacial score (nSPS) is 23.4. The zero-order valence-electron chi connectivity index (χ0n) is 21.3. The molecule has 1 aliphatic heterocycles. The van der Waals surface area contributed by atoms with Crippen LogP contribution in [0, 0.1) is 17.8 Å². The fourth-order valence-electron chi connectivity index (χ4n) is 5.73. The maximum absolute atomic E-state index is 10.1. The molecule has 2 heterocycles. The van der Waals surface area contributed by atoms with E-state index < -0.39 is 0 Å². The molecule has 1 N–H and O–H groups in total.